The largest absolute Gasteiger partial charge is 0.394 e. The van der Waals surface area contributed by atoms with Crippen LogP contribution >= 0.6 is 11.6 Å². The molecule has 1 aliphatic heterocycles. The molecule has 0 unspecified atom stereocenters. The minimum Gasteiger partial charge on any atom is -0.394 e. The average molecular weight is 1660 g/mol. The van der Waals surface area contributed by atoms with E-state index in [9.17, 15) is 62.6 Å². The molecular weight excluding hydrogens is 1550 g/mol. The van der Waals surface area contributed by atoms with Gasteiger partial charge in [0.15, 0.2) is 0 Å². The van der Waals surface area contributed by atoms with E-state index in [-0.39, 0.29) is 127 Å². The number of nitrogens with zero attached hydrogens (tertiary/aromatic N) is 5. The van der Waals surface area contributed by atoms with Gasteiger partial charge in [-0.1, -0.05) is 112 Å². The van der Waals surface area contributed by atoms with Crippen molar-refractivity contribution in [1.29, 1.82) is 0 Å². The third kappa shape index (κ3) is 31.9. The van der Waals surface area contributed by atoms with Crippen LogP contribution in [-0.4, -0.2) is 225 Å². The lowest BCUT2D eigenvalue weighted by molar-refractivity contribution is -0.142. The van der Waals surface area contributed by atoms with E-state index in [0.29, 0.717) is 47.5 Å². The Morgan fingerprint density at radius 1 is 0.521 bits per heavy atom. The first-order valence-electron chi connectivity index (χ1n) is 40.3. The zero-order valence-electron chi connectivity index (χ0n) is 68.4. The van der Waals surface area contributed by atoms with Gasteiger partial charge in [-0.15, -0.1) is 0 Å². The number of nitrogens with one attached hydrogen (secondary N) is 12. The molecule has 0 radical (unpaired) electrons. The summed E-state index contributed by atoms with van der Waals surface area (Å²) in [6, 6.07) is 18.9. The molecule has 0 aliphatic carbocycles. The van der Waals surface area contributed by atoms with Crippen LogP contribution in [0.2, 0.25) is 5.02 Å². The standard InChI is InChI=1S/C85H113ClN18O15/c1-52(2)44-67(78(112)98-66(29-14-15-38-89-53(3)4)85(119)104-43-21-30-72(104)83(117)94-54(5)74(87)108)99-77(111)64(27-12-19-42-93-75(109)62-25-10-16-39-90-62)96-76(110)63(26-11-18-41-92-73(107)50-103(7)84(118)65-28-13-17-40-91-65)97-82(116)71(51-105)102-81(115)70(48-58-22-20-37-88-49-58)101-80(114)69(46-56-32-35-61(86)36-33-56)100-79(113)68(95-55(6)106)47-57-31-34-59-23-8-9-24-60(59)45-57/h8-10,13,16-17,20,22-25,28,31-37,39-40,45,49,52-54,63-64,66-72,89,105H,11-12,14-15,18-19,21,26-27,29-30,38,41-44,46-48,50-51H2,1-7H3,(H2,87,108)(H,92,107)(H,93,109)(H,94,117)(H,95,106)(H,96,110)(H,97,116)(H,98,112)(H,99,111)(H,100,113)(H,101,114)(H,102,115)/t54-,63+,64-,66+,67+,68-,69-,70-,71+,72+/m1/s1. The van der Waals surface area contributed by atoms with Crippen molar-refractivity contribution in [1.82, 2.24) is 88.6 Å². The van der Waals surface area contributed by atoms with E-state index in [4.69, 9.17) is 17.3 Å². The fourth-order valence-electron chi connectivity index (χ4n) is 13.4. The monoisotopic (exact) mass is 1660 g/mol. The lowest BCUT2D eigenvalue weighted by Crippen LogP contribution is -2.61. The summed E-state index contributed by atoms with van der Waals surface area (Å²) in [6.07, 6.45) is 7.58. The number of fused-ring (bicyclic) bond motifs is 1. The van der Waals surface area contributed by atoms with Gasteiger partial charge in [0, 0.05) is 88.7 Å². The predicted molar refractivity (Wildman–Crippen MR) is 445 cm³/mol. The summed E-state index contributed by atoms with van der Waals surface area (Å²) in [4.78, 5) is 212. The highest BCUT2D eigenvalue weighted by atomic mass is 35.5. The van der Waals surface area contributed by atoms with Crippen LogP contribution in [0.1, 0.15) is 156 Å². The topological polar surface area (TPSA) is 475 Å². The second kappa shape index (κ2) is 48.8. The number of carbonyl (C=O) groups is 14. The number of unbranched alkanes of at least 4 members (excludes halogenated alkanes) is 3. The van der Waals surface area contributed by atoms with E-state index < -0.39 is 150 Å². The highest BCUT2D eigenvalue weighted by Crippen LogP contribution is 2.23. The van der Waals surface area contributed by atoms with Crippen LogP contribution in [0.4, 0.5) is 0 Å². The van der Waals surface area contributed by atoms with Gasteiger partial charge in [0.1, 0.15) is 71.8 Å². The van der Waals surface area contributed by atoms with E-state index in [1.54, 1.807) is 74.5 Å². The van der Waals surface area contributed by atoms with Crippen LogP contribution in [0, 0.1) is 5.92 Å². The molecule has 34 heteroatoms. The molecular formula is C85H113ClN18O15. The average Bonchev–Trinajstić information content (AvgIpc) is 1.72. The zero-order valence-corrected chi connectivity index (χ0v) is 69.2. The van der Waals surface area contributed by atoms with Crippen LogP contribution < -0.4 is 69.5 Å². The molecule has 1 fully saturated rings. The lowest BCUT2D eigenvalue weighted by atomic mass is 9.99. The van der Waals surface area contributed by atoms with Crippen LogP contribution in [-0.2, 0) is 76.8 Å². The second-order valence-electron chi connectivity index (χ2n) is 30.4. The fourth-order valence-corrected chi connectivity index (χ4v) is 13.5. The Balaban J connectivity index is 1.16. The Hall–Kier alpha value is -11.8. The smallest absolute Gasteiger partial charge is 0.272 e. The number of primary amides is 1. The predicted octanol–water partition coefficient (Wildman–Crippen LogP) is 2.45. The van der Waals surface area contributed by atoms with E-state index in [1.807, 2.05) is 56.3 Å². The molecule has 119 heavy (non-hydrogen) atoms. The Morgan fingerprint density at radius 2 is 1.03 bits per heavy atom. The number of aliphatic hydroxyl groups excluding tert-OH is 1. The number of benzene rings is 3. The molecule has 4 heterocycles. The van der Waals surface area contributed by atoms with Gasteiger partial charge in [-0.2, -0.15) is 0 Å². The summed E-state index contributed by atoms with van der Waals surface area (Å²) in [6.45, 7) is 9.66. The summed E-state index contributed by atoms with van der Waals surface area (Å²) in [7, 11) is 1.43. The molecule has 640 valence electrons. The number of aliphatic hydroxyl groups is 1. The zero-order chi connectivity index (χ0) is 86.5. The number of hydrogen-bond donors (Lipinski definition) is 14. The third-order valence-corrected chi connectivity index (χ3v) is 20.1. The Morgan fingerprint density at radius 3 is 1.60 bits per heavy atom. The number of carbonyl (C=O) groups excluding carboxylic acids is 14. The van der Waals surface area contributed by atoms with Crippen molar-refractivity contribution in [3.05, 3.63) is 173 Å². The maximum atomic E-state index is 15.3. The van der Waals surface area contributed by atoms with Crippen molar-refractivity contribution >= 4 is 105 Å². The van der Waals surface area contributed by atoms with Gasteiger partial charge in [0.05, 0.1) is 13.2 Å². The number of halogens is 1. The van der Waals surface area contributed by atoms with Gasteiger partial charge in [0.2, 0.25) is 70.9 Å². The second-order valence-corrected chi connectivity index (χ2v) is 30.8. The normalized spacial score (nSPS) is 14.7. The number of likely N-dealkylation sites (N-methyl/N-ethyl adjacent to an activating group) is 1. The summed E-state index contributed by atoms with van der Waals surface area (Å²) in [5.74, 6) is -10.6. The quantitative estimate of drug-likeness (QED) is 0.0244. The van der Waals surface area contributed by atoms with Gasteiger partial charge in [-0.3, -0.25) is 82.1 Å². The maximum absolute atomic E-state index is 15.3. The van der Waals surface area contributed by atoms with Crippen LogP contribution in [0.5, 0.6) is 0 Å². The first-order chi connectivity index (χ1) is 57.0. The van der Waals surface area contributed by atoms with Crippen molar-refractivity contribution in [2.24, 2.45) is 11.7 Å². The number of nitrogens with two attached hydrogens (primary N) is 1. The van der Waals surface area contributed by atoms with Gasteiger partial charge in [-0.25, -0.2) is 0 Å². The number of rotatable bonds is 48. The molecule has 0 bridgehead atoms. The molecule has 3 aromatic heterocycles. The molecule has 14 amide bonds. The number of hydrogen-bond acceptors (Lipinski definition) is 19. The van der Waals surface area contributed by atoms with Crippen molar-refractivity contribution in [2.75, 3.05) is 46.4 Å². The first-order valence-corrected chi connectivity index (χ1v) is 40.7. The molecule has 1 saturated heterocycles. The van der Waals surface area contributed by atoms with Crippen molar-refractivity contribution in [2.45, 2.75) is 204 Å². The van der Waals surface area contributed by atoms with Crippen molar-refractivity contribution in [3.63, 3.8) is 0 Å². The first kappa shape index (κ1) is 94.3. The van der Waals surface area contributed by atoms with E-state index in [2.05, 4.69) is 78.8 Å². The molecule has 10 atom stereocenters. The fraction of sp³-hybridized carbons (Fsp3) is 0.471. The molecule has 7 rings (SSSR count). The lowest BCUT2D eigenvalue weighted by Gasteiger charge is -2.31. The molecule has 0 spiro atoms. The number of pyridine rings is 3. The summed E-state index contributed by atoms with van der Waals surface area (Å²) in [5, 5.41) is 46.6. The van der Waals surface area contributed by atoms with Crippen LogP contribution in [0.3, 0.4) is 0 Å². The highest BCUT2D eigenvalue weighted by molar-refractivity contribution is 6.30. The highest BCUT2D eigenvalue weighted by Gasteiger charge is 2.41. The van der Waals surface area contributed by atoms with Crippen LogP contribution in [0.25, 0.3) is 10.8 Å². The minimum absolute atomic E-state index is 0.00469. The third-order valence-electron chi connectivity index (χ3n) is 19.8. The molecule has 33 nitrogen and oxygen atoms in total. The Kier molecular flexibility index (Phi) is 38.6. The summed E-state index contributed by atoms with van der Waals surface area (Å²) >= 11 is 6.27. The van der Waals surface area contributed by atoms with Crippen molar-refractivity contribution < 1.29 is 72.2 Å². The minimum atomic E-state index is -1.86. The Labute approximate surface area is 698 Å². The molecule has 15 N–H and O–H groups in total. The van der Waals surface area contributed by atoms with Gasteiger partial charge < -0.3 is 84.4 Å². The molecule has 0 saturated carbocycles. The number of aromatic nitrogens is 3. The van der Waals surface area contributed by atoms with E-state index in [1.165, 1.54) is 67.6 Å². The van der Waals surface area contributed by atoms with Crippen molar-refractivity contribution in [3.8, 4) is 0 Å². The molecule has 1 aliphatic rings. The Bertz CT molecular complexity index is 4400. The van der Waals surface area contributed by atoms with E-state index >= 15 is 9.59 Å². The summed E-state index contributed by atoms with van der Waals surface area (Å²) < 4.78 is 0. The van der Waals surface area contributed by atoms with E-state index in [0.717, 1.165) is 10.8 Å². The van der Waals surface area contributed by atoms with Gasteiger partial charge in [0.25, 0.3) is 11.8 Å². The SMILES string of the molecule is CC(=O)N[C@H](Cc1ccc2ccccc2c1)C(=O)N[C@H](Cc1ccc(Cl)cc1)C(=O)N[C@H](Cc1cccnc1)C(=O)N[C@@H](CO)C(=O)N[C@@H](CCCCNC(=O)CN(C)C(=O)c1ccccn1)C(=O)N[C@H](CCCCNC(=O)c1ccccn1)C(=O)N[C@@H](CC(C)C)C(=O)N[C@@H](CCCCNC(C)C)C(=O)N1CCC[C@H]1C(=O)N[C@H](C)C(N)=O. The van der Waals surface area contributed by atoms with Gasteiger partial charge in [-0.05, 0) is 166 Å². The van der Waals surface area contributed by atoms with Gasteiger partial charge >= 0.3 is 0 Å². The number of likely N-dealkylation sites (tertiary alicyclic amines) is 1. The molecule has 6 aromatic rings. The van der Waals surface area contributed by atoms with Crippen LogP contribution in [0.15, 0.2) is 140 Å². The maximum Gasteiger partial charge on any atom is 0.272 e. The molecule has 3 aromatic carbocycles. The number of amides is 14. The summed E-state index contributed by atoms with van der Waals surface area (Å²) in [5.41, 5.74) is 7.39.